The number of ether oxygens (including phenoxy) is 2. The van der Waals surface area contributed by atoms with Gasteiger partial charge in [-0.15, -0.1) is 0 Å². The predicted molar refractivity (Wildman–Crippen MR) is 96.0 cm³/mol. The van der Waals surface area contributed by atoms with Crippen LogP contribution in [0.2, 0.25) is 0 Å². The van der Waals surface area contributed by atoms with Crippen molar-refractivity contribution in [2.45, 2.75) is 32.2 Å². The highest BCUT2D eigenvalue weighted by Gasteiger charge is 2.29. The van der Waals surface area contributed by atoms with Gasteiger partial charge in [0.1, 0.15) is 19.8 Å². The van der Waals surface area contributed by atoms with E-state index in [9.17, 15) is 14.4 Å². The summed E-state index contributed by atoms with van der Waals surface area (Å²) in [5, 5.41) is 9.05. The van der Waals surface area contributed by atoms with Crippen molar-refractivity contribution in [3.8, 4) is 11.5 Å². The summed E-state index contributed by atoms with van der Waals surface area (Å²) < 4.78 is 11.2. The first-order valence-electron chi connectivity index (χ1n) is 9.14. The number of amides is 2. The van der Waals surface area contributed by atoms with Gasteiger partial charge in [0.25, 0.3) is 5.91 Å². The molecule has 0 aliphatic carbocycles. The van der Waals surface area contributed by atoms with E-state index in [0.717, 1.165) is 0 Å². The van der Waals surface area contributed by atoms with E-state index in [1.165, 1.54) is 11.8 Å². The van der Waals surface area contributed by atoms with Crippen molar-refractivity contribution in [2.75, 3.05) is 32.8 Å². The lowest BCUT2D eigenvalue weighted by Crippen LogP contribution is -2.43. The Labute approximate surface area is 157 Å². The van der Waals surface area contributed by atoms with E-state index in [2.05, 4.69) is 0 Å². The average molecular weight is 376 g/mol. The van der Waals surface area contributed by atoms with E-state index in [-0.39, 0.29) is 24.4 Å². The maximum Gasteiger partial charge on any atom is 0.323 e. The van der Waals surface area contributed by atoms with E-state index >= 15 is 0 Å². The Balaban J connectivity index is 1.72. The summed E-state index contributed by atoms with van der Waals surface area (Å²) in [5.41, 5.74) is 0.472. The average Bonchev–Trinajstić information content (AvgIpc) is 2.91. The molecule has 8 heteroatoms. The SMILES string of the molecule is CC(=O)N(CC(=O)O)[C@@H]1CCCN(C(=O)c2cccc3c2OCCO3)CC1. The van der Waals surface area contributed by atoms with Gasteiger partial charge in [0.2, 0.25) is 5.91 Å². The van der Waals surface area contributed by atoms with Crippen LogP contribution in [0.3, 0.4) is 0 Å². The Morgan fingerprint density at radius 1 is 1.19 bits per heavy atom. The third kappa shape index (κ3) is 4.32. The molecule has 8 nitrogen and oxygen atoms in total. The molecule has 0 unspecified atom stereocenters. The fraction of sp³-hybridized carbons (Fsp3) is 0.526. The Hall–Kier alpha value is -2.77. The van der Waals surface area contributed by atoms with Crippen molar-refractivity contribution < 1.29 is 29.0 Å². The van der Waals surface area contributed by atoms with Gasteiger partial charge >= 0.3 is 5.97 Å². The van der Waals surface area contributed by atoms with Gasteiger partial charge < -0.3 is 24.4 Å². The molecule has 2 amide bonds. The topological polar surface area (TPSA) is 96.4 Å². The standard InChI is InChI=1S/C19H24N2O6/c1-13(22)21(12-17(23)24)14-4-3-8-20(9-7-14)19(25)15-5-2-6-16-18(15)27-11-10-26-16/h2,5-6,14H,3-4,7-12H2,1H3,(H,23,24)/t14-/m1/s1. The molecule has 2 aliphatic heterocycles. The maximum atomic E-state index is 13.0. The number of para-hydroxylation sites is 1. The first kappa shape index (κ1) is 19.0. The zero-order valence-electron chi connectivity index (χ0n) is 15.3. The number of carbonyl (C=O) groups excluding carboxylic acids is 2. The molecule has 3 rings (SSSR count). The lowest BCUT2D eigenvalue weighted by Gasteiger charge is -2.29. The summed E-state index contributed by atoms with van der Waals surface area (Å²) >= 11 is 0. The summed E-state index contributed by atoms with van der Waals surface area (Å²) in [4.78, 5) is 39.1. The smallest absolute Gasteiger partial charge is 0.323 e. The number of benzene rings is 1. The molecule has 1 aromatic rings. The zero-order valence-corrected chi connectivity index (χ0v) is 15.3. The molecule has 146 valence electrons. The largest absolute Gasteiger partial charge is 0.486 e. The molecule has 0 bridgehead atoms. The molecule has 0 spiro atoms. The number of hydrogen-bond donors (Lipinski definition) is 1. The van der Waals surface area contributed by atoms with Crippen LogP contribution in [-0.4, -0.2) is 71.6 Å². The van der Waals surface area contributed by atoms with Crippen molar-refractivity contribution in [3.05, 3.63) is 23.8 Å². The zero-order chi connectivity index (χ0) is 19.4. The third-order valence-corrected chi connectivity index (χ3v) is 4.93. The molecule has 1 N–H and O–H groups in total. The lowest BCUT2D eigenvalue weighted by atomic mass is 10.1. The fourth-order valence-corrected chi connectivity index (χ4v) is 3.65. The molecule has 1 atom stereocenters. The molecular formula is C19H24N2O6. The van der Waals surface area contributed by atoms with Crippen LogP contribution in [-0.2, 0) is 9.59 Å². The van der Waals surface area contributed by atoms with Crippen molar-refractivity contribution >= 4 is 17.8 Å². The number of nitrogens with zero attached hydrogens (tertiary/aromatic N) is 2. The maximum absolute atomic E-state index is 13.0. The number of aliphatic carboxylic acids is 1. The first-order chi connectivity index (χ1) is 13.0. The minimum absolute atomic E-state index is 0.134. The molecule has 1 aromatic carbocycles. The van der Waals surface area contributed by atoms with Crippen LogP contribution in [0.1, 0.15) is 36.5 Å². The highest BCUT2D eigenvalue weighted by Crippen LogP contribution is 2.34. The van der Waals surface area contributed by atoms with Crippen LogP contribution in [0.5, 0.6) is 11.5 Å². The summed E-state index contributed by atoms with van der Waals surface area (Å²) in [6, 6.07) is 5.09. The second kappa shape index (κ2) is 8.28. The fourth-order valence-electron chi connectivity index (χ4n) is 3.65. The van der Waals surface area contributed by atoms with E-state index in [0.29, 0.717) is 62.6 Å². The summed E-state index contributed by atoms with van der Waals surface area (Å²) in [6.07, 6.45) is 1.92. The van der Waals surface area contributed by atoms with Crippen LogP contribution >= 0.6 is 0 Å². The number of carboxylic acid groups (broad SMARTS) is 1. The number of rotatable bonds is 4. The molecule has 1 fully saturated rings. The molecule has 0 saturated carbocycles. The van der Waals surface area contributed by atoms with Gasteiger partial charge in [-0.25, -0.2) is 0 Å². The quantitative estimate of drug-likeness (QED) is 0.853. The van der Waals surface area contributed by atoms with Gasteiger partial charge in [0, 0.05) is 26.1 Å². The van der Waals surface area contributed by atoms with E-state index in [1.54, 1.807) is 23.1 Å². The van der Waals surface area contributed by atoms with E-state index in [1.807, 2.05) is 0 Å². The minimum atomic E-state index is -1.03. The van der Waals surface area contributed by atoms with Crippen LogP contribution in [0, 0.1) is 0 Å². The number of hydrogen-bond acceptors (Lipinski definition) is 5. The number of carbonyl (C=O) groups is 3. The van der Waals surface area contributed by atoms with Crippen molar-refractivity contribution in [2.24, 2.45) is 0 Å². The van der Waals surface area contributed by atoms with Gasteiger partial charge in [0.05, 0.1) is 5.56 Å². The summed E-state index contributed by atoms with van der Waals surface area (Å²) in [6.45, 7) is 2.94. The Kier molecular flexibility index (Phi) is 5.83. The Morgan fingerprint density at radius 2 is 1.96 bits per heavy atom. The van der Waals surface area contributed by atoms with Gasteiger partial charge in [-0.2, -0.15) is 0 Å². The van der Waals surface area contributed by atoms with Crippen molar-refractivity contribution in [1.82, 2.24) is 9.80 Å². The Bertz CT molecular complexity index is 735. The van der Waals surface area contributed by atoms with Crippen molar-refractivity contribution in [1.29, 1.82) is 0 Å². The highest BCUT2D eigenvalue weighted by atomic mass is 16.6. The molecule has 2 aliphatic rings. The summed E-state index contributed by atoms with van der Waals surface area (Å²) in [7, 11) is 0. The predicted octanol–water partition coefficient (Wildman–Crippen LogP) is 1.39. The van der Waals surface area contributed by atoms with Crippen LogP contribution < -0.4 is 9.47 Å². The highest BCUT2D eigenvalue weighted by molar-refractivity contribution is 5.98. The van der Waals surface area contributed by atoms with Gasteiger partial charge in [-0.3, -0.25) is 14.4 Å². The van der Waals surface area contributed by atoms with E-state index in [4.69, 9.17) is 14.6 Å². The van der Waals surface area contributed by atoms with Gasteiger partial charge in [-0.1, -0.05) is 6.07 Å². The number of fused-ring (bicyclic) bond motifs is 1. The monoisotopic (exact) mass is 376 g/mol. The van der Waals surface area contributed by atoms with Crippen LogP contribution in [0.25, 0.3) is 0 Å². The molecule has 2 heterocycles. The van der Waals surface area contributed by atoms with Crippen LogP contribution in [0.4, 0.5) is 0 Å². The number of likely N-dealkylation sites (tertiary alicyclic amines) is 1. The second-order valence-electron chi connectivity index (χ2n) is 6.75. The van der Waals surface area contributed by atoms with Crippen LogP contribution in [0.15, 0.2) is 18.2 Å². The van der Waals surface area contributed by atoms with Gasteiger partial charge in [-0.05, 0) is 31.4 Å². The molecule has 27 heavy (non-hydrogen) atoms. The van der Waals surface area contributed by atoms with Gasteiger partial charge in [0.15, 0.2) is 11.5 Å². The Morgan fingerprint density at radius 3 is 2.70 bits per heavy atom. The molecule has 0 aromatic heterocycles. The second-order valence-corrected chi connectivity index (χ2v) is 6.75. The van der Waals surface area contributed by atoms with Crippen molar-refractivity contribution in [3.63, 3.8) is 0 Å². The normalized spacial score (nSPS) is 19.1. The molecule has 1 saturated heterocycles. The third-order valence-electron chi connectivity index (χ3n) is 4.93. The molecular weight excluding hydrogens is 352 g/mol. The van der Waals surface area contributed by atoms with E-state index < -0.39 is 5.97 Å². The minimum Gasteiger partial charge on any atom is -0.486 e. The lowest BCUT2D eigenvalue weighted by molar-refractivity contribution is -0.145. The number of carboxylic acids is 1. The summed E-state index contributed by atoms with van der Waals surface area (Å²) in [5.74, 6) is -0.374. The molecule has 0 radical (unpaired) electrons. The first-order valence-corrected chi connectivity index (χ1v) is 9.14.